The average Bonchev–Trinajstić information content (AvgIpc) is 4.07. The topological polar surface area (TPSA) is 169 Å². The zero-order valence-corrected chi connectivity index (χ0v) is 35.9. The highest BCUT2D eigenvalue weighted by Crippen LogP contribution is 2.46. The van der Waals surface area contributed by atoms with Gasteiger partial charge in [0.15, 0.2) is 5.13 Å². The molecule has 2 aliphatic carbocycles. The van der Waals surface area contributed by atoms with Crippen molar-refractivity contribution in [3.05, 3.63) is 76.2 Å². The first kappa shape index (κ1) is 43.4. The van der Waals surface area contributed by atoms with Gasteiger partial charge in [-0.25, -0.2) is 18.4 Å². The second-order valence-corrected chi connectivity index (χ2v) is 19.8. The maximum Gasteiger partial charge on any atom is 0.416 e. The van der Waals surface area contributed by atoms with Crippen molar-refractivity contribution in [3.8, 4) is 22.9 Å². The summed E-state index contributed by atoms with van der Waals surface area (Å²) >= 11 is 13.7. The van der Waals surface area contributed by atoms with Crippen LogP contribution in [0.5, 0.6) is 11.6 Å². The number of alkyl halides is 3. The molecule has 5 atom stereocenters. The summed E-state index contributed by atoms with van der Waals surface area (Å²) in [6.45, 7) is 9.01. The van der Waals surface area contributed by atoms with Crippen LogP contribution in [-0.4, -0.2) is 83.6 Å². The van der Waals surface area contributed by atoms with E-state index in [-0.39, 0.29) is 46.7 Å². The molecular formula is C40H41Cl2F3N6O7S2. The summed E-state index contributed by atoms with van der Waals surface area (Å²) in [6.07, 6.45) is -1.63. The van der Waals surface area contributed by atoms with Gasteiger partial charge < -0.3 is 25.0 Å². The summed E-state index contributed by atoms with van der Waals surface area (Å²) in [5.74, 6) is -2.13. The number of fused-ring (bicyclic) bond motifs is 1. The van der Waals surface area contributed by atoms with Crippen LogP contribution in [0.3, 0.4) is 0 Å². The number of aromatic nitrogens is 2. The Morgan fingerprint density at radius 1 is 1.10 bits per heavy atom. The lowest BCUT2D eigenvalue weighted by atomic mass is 9.85. The minimum Gasteiger partial charge on any atom is -0.494 e. The lowest BCUT2D eigenvalue weighted by Gasteiger charge is -2.35. The third-order valence-electron chi connectivity index (χ3n) is 10.8. The summed E-state index contributed by atoms with van der Waals surface area (Å²) in [4.78, 5) is 53.2. The van der Waals surface area contributed by atoms with Crippen molar-refractivity contribution in [1.29, 1.82) is 0 Å². The largest absolute Gasteiger partial charge is 0.494 e. The van der Waals surface area contributed by atoms with Crippen molar-refractivity contribution < 1.29 is 45.4 Å². The number of methoxy groups -OCH3 is 1. The Kier molecular flexibility index (Phi) is 11.6. The third kappa shape index (κ3) is 8.74. The number of ether oxygens (including phenoxy) is 2. The van der Waals surface area contributed by atoms with Crippen LogP contribution in [-0.2, 0) is 30.6 Å². The number of halogens is 5. The molecule has 60 heavy (non-hydrogen) atoms. The van der Waals surface area contributed by atoms with Gasteiger partial charge in [-0.3, -0.25) is 19.1 Å². The summed E-state index contributed by atoms with van der Waals surface area (Å²) in [7, 11) is -2.47. The normalized spacial score (nSPS) is 22.2. The number of sulfonamides is 1. The van der Waals surface area contributed by atoms with Crippen LogP contribution in [0, 0.1) is 11.3 Å². The van der Waals surface area contributed by atoms with Gasteiger partial charge in [0.25, 0.3) is 5.91 Å². The molecule has 0 radical (unpaired) electrons. The zero-order valence-electron chi connectivity index (χ0n) is 32.7. The Bertz CT molecular complexity index is 2490. The molecule has 0 unspecified atom stereocenters. The molecule has 0 bridgehead atoms. The van der Waals surface area contributed by atoms with E-state index in [1.165, 1.54) is 29.7 Å². The van der Waals surface area contributed by atoms with E-state index in [4.69, 9.17) is 32.7 Å². The van der Waals surface area contributed by atoms with Crippen molar-refractivity contribution >= 4 is 78.2 Å². The van der Waals surface area contributed by atoms with E-state index in [1.54, 1.807) is 39.0 Å². The Morgan fingerprint density at radius 3 is 2.47 bits per heavy atom. The highest BCUT2D eigenvalue weighted by atomic mass is 35.5. The van der Waals surface area contributed by atoms with E-state index >= 15 is 0 Å². The molecule has 2 aromatic heterocycles. The zero-order chi connectivity index (χ0) is 43.5. The Hall–Kier alpha value is -4.65. The summed E-state index contributed by atoms with van der Waals surface area (Å²) in [5, 5.41) is 8.56. The first-order valence-corrected chi connectivity index (χ1v) is 22.0. The fourth-order valence-corrected chi connectivity index (χ4v) is 9.76. The third-order valence-corrected chi connectivity index (χ3v) is 14.0. The van der Waals surface area contributed by atoms with Gasteiger partial charge in [0, 0.05) is 39.1 Å². The second-order valence-electron chi connectivity index (χ2n) is 16.2. The number of benzene rings is 2. The van der Waals surface area contributed by atoms with E-state index in [1.807, 2.05) is 0 Å². The van der Waals surface area contributed by atoms with Crippen LogP contribution in [0.15, 0.2) is 60.6 Å². The molecule has 0 spiro atoms. The van der Waals surface area contributed by atoms with Crippen molar-refractivity contribution in [1.82, 2.24) is 24.9 Å². The molecule has 3 aliphatic rings. The number of thiazole rings is 1. The lowest BCUT2D eigenvalue weighted by molar-refractivity contribution is -0.141. The minimum absolute atomic E-state index is 0.0486. The molecule has 2 saturated carbocycles. The first-order valence-electron chi connectivity index (χ1n) is 18.8. The standard InChI is InChI=1S/C40H41Cl2F3N6O7S2/c1-6-20-16-39(20,36(54)50-60(55,56)24-9-10-24)49-33(52)30-15-23(58-34-26-14-22(41)8-11-25(26)31(57-5)17-46-34)18-51(30)35(53)32(38(2,3)4)48-37-47-29(19-59-37)27-13-21(40(43,44)45)7-12-28(27)42/h6-8,11-14,17,19-20,23-24,30,32H,1,9-10,15-16,18H2,2-5H3,(H,47,48)(H,49,52)(H,50,54)/t20-,23-,30+,32-,39-/m1/s1. The molecule has 4 aromatic rings. The minimum atomic E-state index is -4.62. The number of nitrogens with one attached hydrogen (secondary N) is 3. The number of pyridine rings is 1. The number of nitrogens with zero attached hydrogens (tertiary/aromatic N) is 3. The molecule has 13 nitrogen and oxygen atoms in total. The van der Waals surface area contributed by atoms with E-state index in [0.29, 0.717) is 34.4 Å². The first-order chi connectivity index (χ1) is 28.1. The van der Waals surface area contributed by atoms with E-state index < -0.39 is 79.8 Å². The number of carbonyl (C=O) groups is 3. The molecule has 3 heterocycles. The van der Waals surface area contributed by atoms with Crippen LogP contribution in [0.25, 0.3) is 22.0 Å². The Labute approximate surface area is 358 Å². The second kappa shape index (κ2) is 16.0. The van der Waals surface area contributed by atoms with Crippen molar-refractivity contribution in [2.24, 2.45) is 11.3 Å². The predicted octanol–water partition coefficient (Wildman–Crippen LogP) is 7.24. The van der Waals surface area contributed by atoms with Crippen LogP contribution in [0.4, 0.5) is 18.3 Å². The summed E-state index contributed by atoms with van der Waals surface area (Å²) in [6, 6.07) is 5.71. The molecule has 3 fully saturated rings. The Morgan fingerprint density at radius 2 is 1.83 bits per heavy atom. The van der Waals surface area contributed by atoms with E-state index in [0.717, 1.165) is 29.5 Å². The summed E-state index contributed by atoms with van der Waals surface area (Å²) < 4.78 is 80.3. The van der Waals surface area contributed by atoms with Gasteiger partial charge in [0.05, 0.1) is 41.4 Å². The fourth-order valence-electron chi connectivity index (χ4n) is 7.27. The number of anilines is 1. The molecule has 20 heteroatoms. The highest BCUT2D eigenvalue weighted by Gasteiger charge is 2.62. The van der Waals surface area contributed by atoms with Crippen LogP contribution in [0.1, 0.15) is 52.0 Å². The lowest BCUT2D eigenvalue weighted by Crippen LogP contribution is -2.58. The van der Waals surface area contributed by atoms with Crippen molar-refractivity contribution in [3.63, 3.8) is 0 Å². The van der Waals surface area contributed by atoms with Crippen molar-refractivity contribution in [2.45, 2.75) is 81.6 Å². The fraction of sp³-hybridized carbons (Fsp3) is 0.425. The SMILES string of the molecule is C=C[C@@H]1C[C@]1(NC(=O)[C@@H]1C[C@@H](Oc2ncc(OC)c3ccc(Cl)cc23)CN1C(=O)[C@@H](Nc1nc(-c2cc(C(F)(F)F)ccc2Cl)cs1)C(C)(C)C)C(=O)NS(=O)(=O)C1CC1. The van der Waals surface area contributed by atoms with Crippen LogP contribution in [0.2, 0.25) is 10.0 Å². The molecule has 3 amide bonds. The van der Waals surface area contributed by atoms with Crippen LogP contribution < -0.4 is 24.8 Å². The quantitative estimate of drug-likeness (QED) is 0.116. The van der Waals surface area contributed by atoms with E-state index in [9.17, 15) is 36.0 Å². The smallest absolute Gasteiger partial charge is 0.416 e. The molecule has 3 N–H and O–H groups in total. The van der Waals surface area contributed by atoms with Gasteiger partial charge in [-0.15, -0.1) is 17.9 Å². The highest BCUT2D eigenvalue weighted by molar-refractivity contribution is 7.91. The van der Waals surface area contributed by atoms with Gasteiger partial charge in [-0.1, -0.05) is 50.0 Å². The number of rotatable bonds is 13. The maximum absolute atomic E-state index is 14.9. The predicted molar refractivity (Wildman–Crippen MR) is 222 cm³/mol. The Balaban J connectivity index is 1.20. The number of carbonyl (C=O) groups excluding carboxylic acids is 3. The molecule has 7 rings (SSSR count). The number of amides is 3. The molecule has 1 aliphatic heterocycles. The maximum atomic E-state index is 14.9. The molecular weight excluding hydrogens is 869 g/mol. The average molecular weight is 910 g/mol. The van der Waals surface area contributed by atoms with Gasteiger partial charge >= 0.3 is 6.18 Å². The van der Waals surface area contributed by atoms with Crippen molar-refractivity contribution in [2.75, 3.05) is 19.0 Å². The van der Waals surface area contributed by atoms with Crippen LogP contribution >= 0.6 is 34.5 Å². The summed E-state index contributed by atoms with van der Waals surface area (Å²) in [5.41, 5.74) is -3.17. The van der Waals surface area contributed by atoms with E-state index in [2.05, 4.69) is 31.9 Å². The van der Waals surface area contributed by atoms with Gasteiger partial charge in [0.1, 0.15) is 29.5 Å². The van der Waals surface area contributed by atoms with Gasteiger partial charge in [-0.2, -0.15) is 13.2 Å². The molecule has 1 saturated heterocycles. The monoisotopic (exact) mass is 908 g/mol. The number of likely N-dealkylation sites (tertiary alicyclic amines) is 1. The molecule has 2 aromatic carbocycles. The molecule has 320 valence electrons. The van der Waals surface area contributed by atoms with Gasteiger partial charge in [-0.05, 0) is 61.1 Å². The number of hydrogen-bond donors (Lipinski definition) is 3. The van der Waals surface area contributed by atoms with Gasteiger partial charge in [0.2, 0.25) is 27.7 Å². The number of hydrogen-bond acceptors (Lipinski definition) is 11.